The molecule has 1 saturated heterocycles. The van der Waals surface area contributed by atoms with Crippen LogP contribution in [0.1, 0.15) is 19.8 Å². The molecule has 0 atom stereocenters. The number of hydrogen-bond donors (Lipinski definition) is 1. The third-order valence-electron chi connectivity index (χ3n) is 2.65. The first kappa shape index (κ1) is 13.3. The van der Waals surface area contributed by atoms with Crippen LogP contribution in [0.2, 0.25) is 0 Å². The van der Waals surface area contributed by atoms with E-state index in [1.807, 2.05) is 0 Å². The van der Waals surface area contributed by atoms with Gasteiger partial charge in [0, 0.05) is 6.04 Å². The highest BCUT2D eigenvalue weighted by Gasteiger charge is 2.32. The predicted octanol–water partition coefficient (Wildman–Crippen LogP) is 1.63. The Morgan fingerprint density at radius 2 is 1.94 bits per heavy atom. The number of hydrogen-bond acceptors (Lipinski definition) is 2. The maximum absolute atomic E-state index is 12.1. The van der Waals surface area contributed by atoms with Crippen molar-refractivity contribution < 1.29 is 13.2 Å². The van der Waals surface area contributed by atoms with Crippen LogP contribution in [-0.2, 0) is 0 Å². The summed E-state index contributed by atoms with van der Waals surface area (Å²) in [6.45, 7) is 2.63. The highest BCUT2D eigenvalue weighted by Crippen LogP contribution is 2.19. The first-order chi connectivity index (χ1) is 7.51. The zero-order chi connectivity index (χ0) is 12.0. The van der Waals surface area contributed by atoms with E-state index < -0.39 is 12.7 Å². The van der Waals surface area contributed by atoms with Crippen LogP contribution in [0.3, 0.4) is 0 Å². The van der Waals surface area contributed by atoms with Crippen molar-refractivity contribution in [2.24, 2.45) is 0 Å². The second-order valence-electron chi connectivity index (χ2n) is 3.97. The summed E-state index contributed by atoms with van der Waals surface area (Å²) >= 11 is 0. The van der Waals surface area contributed by atoms with Gasteiger partial charge in [-0.05, 0) is 32.9 Å². The molecule has 0 spiro atoms. The number of nitrogens with zero attached hydrogens (tertiary/aromatic N) is 1. The number of likely N-dealkylation sites (tertiary alicyclic amines) is 1. The van der Waals surface area contributed by atoms with Crippen LogP contribution in [0.4, 0.5) is 13.2 Å². The third kappa shape index (κ3) is 5.38. The molecule has 1 N–H and O–H groups in total. The van der Waals surface area contributed by atoms with Crippen LogP contribution in [0, 0.1) is 11.8 Å². The van der Waals surface area contributed by atoms with Crippen molar-refractivity contribution in [2.75, 3.05) is 26.2 Å². The van der Waals surface area contributed by atoms with Gasteiger partial charge in [0.2, 0.25) is 0 Å². The summed E-state index contributed by atoms with van der Waals surface area (Å²) in [6.07, 6.45) is -2.54. The lowest BCUT2D eigenvalue weighted by atomic mass is 10.1. The van der Waals surface area contributed by atoms with Gasteiger partial charge in [0.25, 0.3) is 0 Å². The molecule has 2 nitrogen and oxygen atoms in total. The van der Waals surface area contributed by atoms with E-state index in [4.69, 9.17) is 0 Å². The van der Waals surface area contributed by atoms with Gasteiger partial charge in [-0.15, -0.1) is 5.92 Å². The van der Waals surface area contributed by atoms with Crippen molar-refractivity contribution in [2.45, 2.75) is 32.0 Å². The van der Waals surface area contributed by atoms with Crippen molar-refractivity contribution in [3.05, 3.63) is 0 Å². The van der Waals surface area contributed by atoms with Crippen LogP contribution in [-0.4, -0.2) is 43.3 Å². The Morgan fingerprint density at radius 3 is 2.44 bits per heavy atom. The van der Waals surface area contributed by atoms with E-state index in [9.17, 15) is 13.2 Å². The minimum Gasteiger partial charge on any atom is -0.303 e. The Kier molecular flexibility index (Phi) is 5.10. The van der Waals surface area contributed by atoms with Gasteiger partial charge in [0.1, 0.15) is 0 Å². The monoisotopic (exact) mass is 234 g/mol. The molecule has 16 heavy (non-hydrogen) atoms. The summed E-state index contributed by atoms with van der Waals surface area (Å²) in [5.74, 6) is 5.67. The lowest BCUT2D eigenvalue weighted by Crippen LogP contribution is -2.45. The summed E-state index contributed by atoms with van der Waals surface area (Å²) < 4.78 is 36.3. The van der Waals surface area contributed by atoms with Gasteiger partial charge in [0.15, 0.2) is 0 Å². The maximum Gasteiger partial charge on any atom is 0.401 e. The molecule has 0 radical (unpaired) electrons. The minimum absolute atomic E-state index is 0.310. The standard InChI is InChI=1S/C11H17F3N2/c1-2-3-6-15-10-4-7-16(8-5-10)9-11(12,13)14/h10,15H,4-9H2,1H3. The Balaban J connectivity index is 2.20. The molecule has 0 bridgehead atoms. The number of halogens is 3. The molecule has 1 aliphatic heterocycles. The molecule has 0 aliphatic carbocycles. The summed E-state index contributed by atoms with van der Waals surface area (Å²) in [4.78, 5) is 1.46. The van der Waals surface area contributed by atoms with E-state index >= 15 is 0 Å². The second-order valence-corrected chi connectivity index (χ2v) is 3.97. The molecule has 5 heteroatoms. The average molecular weight is 234 g/mol. The summed E-state index contributed by atoms with van der Waals surface area (Å²) in [5.41, 5.74) is 0. The molecule has 0 aromatic heterocycles. The van der Waals surface area contributed by atoms with E-state index in [-0.39, 0.29) is 0 Å². The van der Waals surface area contributed by atoms with Gasteiger partial charge >= 0.3 is 6.18 Å². The molecule has 0 aromatic carbocycles. The molecule has 0 aromatic rings. The topological polar surface area (TPSA) is 15.3 Å². The third-order valence-corrected chi connectivity index (χ3v) is 2.65. The van der Waals surface area contributed by atoms with Crippen LogP contribution < -0.4 is 5.32 Å². The normalized spacial score (nSPS) is 19.2. The Bertz CT molecular complexity index is 257. The van der Waals surface area contributed by atoms with Crippen molar-refractivity contribution in [1.82, 2.24) is 10.2 Å². The number of nitrogens with one attached hydrogen (secondary N) is 1. The first-order valence-corrected chi connectivity index (χ1v) is 5.43. The molecule has 0 saturated carbocycles. The molecule has 1 rings (SSSR count). The van der Waals surface area contributed by atoms with Crippen molar-refractivity contribution >= 4 is 0 Å². The number of alkyl halides is 3. The first-order valence-electron chi connectivity index (χ1n) is 5.43. The second kappa shape index (κ2) is 6.12. The van der Waals surface area contributed by atoms with E-state index in [0.717, 1.165) is 12.8 Å². The Morgan fingerprint density at radius 1 is 1.31 bits per heavy atom. The van der Waals surface area contributed by atoms with Gasteiger partial charge in [-0.2, -0.15) is 13.2 Å². The zero-order valence-electron chi connectivity index (χ0n) is 9.40. The smallest absolute Gasteiger partial charge is 0.303 e. The molecule has 1 fully saturated rings. The fourth-order valence-electron chi connectivity index (χ4n) is 1.83. The summed E-state index contributed by atoms with van der Waals surface area (Å²) in [7, 11) is 0. The van der Waals surface area contributed by atoms with Crippen LogP contribution in [0.5, 0.6) is 0 Å². The molecular formula is C11H17F3N2. The maximum atomic E-state index is 12.1. The SMILES string of the molecule is CC#CCNC1CCN(CC(F)(F)F)CC1. The summed E-state index contributed by atoms with van der Waals surface area (Å²) in [5, 5.41) is 3.22. The predicted molar refractivity (Wildman–Crippen MR) is 57.0 cm³/mol. The zero-order valence-corrected chi connectivity index (χ0v) is 9.40. The highest BCUT2D eigenvalue weighted by atomic mass is 19.4. The van der Waals surface area contributed by atoms with Gasteiger partial charge in [-0.3, -0.25) is 4.90 Å². The quantitative estimate of drug-likeness (QED) is 0.747. The highest BCUT2D eigenvalue weighted by molar-refractivity contribution is 4.98. The molecule has 92 valence electrons. The largest absolute Gasteiger partial charge is 0.401 e. The van der Waals surface area contributed by atoms with Crippen LogP contribution in [0.15, 0.2) is 0 Å². The van der Waals surface area contributed by atoms with Gasteiger partial charge in [0.05, 0.1) is 13.1 Å². The Labute approximate surface area is 94.2 Å². The van der Waals surface area contributed by atoms with Gasteiger partial charge < -0.3 is 5.32 Å². The fourth-order valence-corrected chi connectivity index (χ4v) is 1.83. The molecule has 0 amide bonds. The van der Waals surface area contributed by atoms with Crippen LogP contribution >= 0.6 is 0 Å². The minimum atomic E-state index is -4.08. The van der Waals surface area contributed by atoms with Crippen molar-refractivity contribution in [3.63, 3.8) is 0 Å². The molecule has 1 aliphatic rings. The Hall–Kier alpha value is -0.730. The van der Waals surface area contributed by atoms with Gasteiger partial charge in [-0.1, -0.05) is 5.92 Å². The summed E-state index contributed by atoms with van der Waals surface area (Å²) in [6, 6.07) is 0.310. The van der Waals surface area contributed by atoms with Crippen LogP contribution in [0.25, 0.3) is 0 Å². The van der Waals surface area contributed by atoms with E-state index in [0.29, 0.717) is 25.7 Å². The molecule has 1 heterocycles. The molecule has 0 unspecified atom stereocenters. The van der Waals surface area contributed by atoms with Gasteiger partial charge in [-0.25, -0.2) is 0 Å². The lowest BCUT2D eigenvalue weighted by molar-refractivity contribution is -0.148. The van der Waals surface area contributed by atoms with Crippen molar-refractivity contribution in [1.29, 1.82) is 0 Å². The van der Waals surface area contributed by atoms with Crippen molar-refractivity contribution in [3.8, 4) is 11.8 Å². The number of rotatable bonds is 3. The molecular weight excluding hydrogens is 217 g/mol. The lowest BCUT2D eigenvalue weighted by Gasteiger charge is -2.32. The van der Waals surface area contributed by atoms with E-state index in [1.165, 1.54) is 4.90 Å². The fraction of sp³-hybridized carbons (Fsp3) is 0.818. The average Bonchev–Trinajstić information content (AvgIpc) is 2.19. The van der Waals surface area contributed by atoms with E-state index in [2.05, 4.69) is 17.2 Å². The number of piperidine rings is 1. The van der Waals surface area contributed by atoms with E-state index in [1.54, 1.807) is 6.92 Å².